The fourth-order valence-electron chi connectivity index (χ4n) is 2.92. The quantitative estimate of drug-likeness (QED) is 0.577. The van der Waals surface area contributed by atoms with Crippen LogP contribution < -0.4 is 16.0 Å². The van der Waals surface area contributed by atoms with Crippen molar-refractivity contribution in [3.63, 3.8) is 0 Å². The molecular formula is C21H15FN4O3. The van der Waals surface area contributed by atoms with Crippen LogP contribution in [0.3, 0.4) is 0 Å². The topological polar surface area (TPSA) is 100 Å². The molecule has 0 aliphatic heterocycles. The second kappa shape index (κ2) is 7.16. The van der Waals surface area contributed by atoms with Gasteiger partial charge in [0.1, 0.15) is 11.6 Å². The number of rotatable bonds is 4. The van der Waals surface area contributed by atoms with Crippen molar-refractivity contribution in [1.29, 1.82) is 0 Å². The van der Waals surface area contributed by atoms with Crippen LogP contribution in [0.4, 0.5) is 4.39 Å². The van der Waals surface area contributed by atoms with E-state index in [9.17, 15) is 14.0 Å². The Balaban J connectivity index is 1.86. The van der Waals surface area contributed by atoms with Gasteiger partial charge in [-0.15, -0.1) is 0 Å². The Kier molecular flexibility index (Phi) is 4.52. The van der Waals surface area contributed by atoms with Crippen LogP contribution in [0.15, 0.2) is 65.5 Å². The molecule has 8 heteroatoms. The van der Waals surface area contributed by atoms with Crippen LogP contribution in [0.25, 0.3) is 16.7 Å². The molecule has 29 heavy (non-hydrogen) atoms. The molecule has 0 saturated heterocycles. The molecule has 2 N–H and O–H groups in total. The third-order valence-electron chi connectivity index (χ3n) is 4.35. The van der Waals surface area contributed by atoms with Crippen molar-refractivity contribution in [2.24, 2.45) is 5.73 Å². The van der Waals surface area contributed by atoms with Gasteiger partial charge in [0.15, 0.2) is 5.65 Å². The van der Waals surface area contributed by atoms with E-state index in [-0.39, 0.29) is 17.4 Å². The number of carbonyl (C=O) groups excluding carboxylic acids is 1. The summed E-state index contributed by atoms with van der Waals surface area (Å²) < 4.78 is 20.1. The van der Waals surface area contributed by atoms with Gasteiger partial charge in [0, 0.05) is 17.0 Å². The normalized spacial score (nSPS) is 10.8. The summed E-state index contributed by atoms with van der Waals surface area (Å²) in [4.78, 5) is 32.6. The maximum absolute atomic E-state index is 13.1. The van der Waals surface area contributed by atoms with Crippen LogP contribution in [-0.4, -0.2) is 20.4 Å². The summed E-state index contributed by atoms with van der Waals surface area (Å²) >= 11 is 0. The lowest BCUT2D eigenvalue weighted by Crippen LogP contribution is -2.19. The number of primary amides is 1. The summed E-state index contributed by atoms with van der Waals surface area (Å²) in [5, 5.41) is 0.662. The first-order valence-corrected chi connectivity index (χ1v) is 8.66. The van der Waals surface area contributed by atoms with Crippen LogP contribution in [0.1, 0.15) is 16.1 Å². The third-order valence-corrected chi connectivity index (χ3v) is 4.35. The lowest BCUT2D eigenvalue weighted by Gasteiger charge is -2.12. The second-order valence-electron chi connectivity index (χ2n) is 6.30. The summed E-state index contributed by atoms with van der Waals surface area (Å²) in [5.41, 5.74) is 6.75. The van der Waals surface area contributed by atoms with Crippen molar-refractivity contribution >= 4 is 16.9 Å². The minimum absolute atomic E-state index is 0.0229. The van der Waals surface area contributed by atoms with E-state index in [4.69, 9.17) is 10.5 Å². The van der Waals surface area contributed by atoms with Crippen LogP contribution >= 0.6 is 0 Å². The molecule has 2 aromatic heterocycles. The number of aryl methyl sites for hydroxylation is 1. The molecule has 0 aliphatic rings. The van der Waals surface area contributed by atoms with Gasteiger partial charge in [0.05, 0.1) is 11.4 Å². The Hall–Kier alpha value is -4.07. The first-order chi connectivity index (χ1) is 13.9. The predicted octanol–water partition coefficient (Wildman–Crippen LogP) is 3.12. The first kappa shape index (κ1) is 18.3. The molecule has 4 rings (SSSR count). The number of benzene rings is 2. The number of amides is 1. The fourth-order valence-corrected chi connectivity index (χ4v) is 2.92. The number of nitrogens with two attached hydrogens (primary N) is 1. The molecule has 0 aliphatic carbocycles. The number of fused-ring (bicyclic) bond motifs is 1. The number of nitrogens with zero attached hydrogens (tertiary/aromatic N) is 3. The van der Waals surface area contributed by atoms with Gasteiger partial charge in [0.25, 0.3) is 5.56 Å². The SMILES string of the molecule is Cc1nc(Oc2ccc(F)cc2)nc2c1ccc(=O)n2-c1ccc(C(N)=O)cc1. The first-order valence-electron chi connectivity index (χ1n) is 8.66. The van der Waals surface area contributed by atoms with Crippen molar-refractivity contribution in [2.45, 2.75) is 6.92 Å². The predicted molar refractivity (Wildman–Crippen MR) is 105 cm³/mol. The van der Waals surface area contributed by atoms with Gasteiger partial charge in [-0.05, 0) is 61.5 Å². The molecule has 7 nitrogen and oxygen atoms in total. The van der Waals surface area contributed by atoms with E-state index in [1.807, 2.05) is 0 Å². The number of halogens is 1. The lowest BCUT2D eigenvalue weighted by molar-refractivity contribution is 0.100. The fraction of sp³-hybridized carbons (Fsp3) is 0.0476. The van der Waals surface area contributed by atoms with Crippen LogP contribution in [0.2, 0.25) is 0 Å². The molecule has 2 aromatic carbocycles. The largest absolute Gasteiger partial charge is 0.424 e. The minimum atomic E-state index is -0.560. The van der Waals surface area contributed by atoms with Gasteiger partial charge in [-0.3, -0.25) is 14.2 Å². The Morgan fingerprint density at radius 3 is 2.34 bits per heavy atom. The zero-order valence-electron chi connectivity index (χ0n) is 15.3. The highest BCUT2D eigenvalue weighted by Crippen LogP contribution is 2.23. The zero-order valence-corrected chi connectivity index (χ0v) is 15.3. The Morgan fingerprint density at radius 2 is 1.69 bits per heavy atom. The molecule has 0 bridgehead atoms. The maximum atomic E-state index is 13.1. The molecule has 0 unspecified atom stereocenters. The molecular weight excluding hydrogens is 375 g/mol. The number of hydrogen-bond donors (Lipinski definition) is 1. The summed E-state index contributed by atoms with van der Waals surface area (Å²) in [6.45, 7) is 1.77. The molecule has 0 fully saturated rings. The van der Waals surface area contributed by atoms with Crippen LogP contribution in [0.5, 0.6) is 11.8 Å². The average Bonchev–Trinajstić information content (AvgIpc) is 2.70. The van der Waals surface area contributed by atoms with E-state index in [0.29, 0.717) is 33.7 Å². The molecule has 144 valence electrons. The van der Waals surface area contributed by atoms with Crippen molar-refractivity contribution in [3.05, 3.63) is 88.1 Å². The zero-order chi connectivity index (χ0) is 20.5. The standard InChI is InChI=1S/C21H15FN4O3/c1-12-17-10-11-18(27)26(15-6-2-13(3-7-15)19(23)28)20(17)25-21(24-12)29-16-8-4-14(22)5-9-16/h2-11H,1H3,(H2,23,28). The second-order valence-corrected chi connectivity index (χ2v) is 6.30. The van der Waals surface area contributed by atoms with Gasteiger partial charge in [-0.25, -0.2) is 4.39 Å². The third kappa shape index (κ3) is 3.55. The average molecular weight is 390 g/mol. The van der Waals surface area contributed by atoms with Crippen LogP contribution in [-0.2, 0) is 0 Å². The van der Waals surface area contributed by atoms with E-state index in [1.54, 1.807) is 25.1 Å². The Morgan fingerprint density at radius 1 is 1.00 bits per heavy atom. The van der Waals surface area contributed by atoms with Crippen molar-refractivity contribution in [3.8, 4) is 17.4 Å². The summed E-state index contributed by atoms with van der Waals surface area (Å²) in [6, 6.07) is 14.8. The van der Waals surface area contributed by atoms with Gasteiger partial charge >= 0.3 is 6.01 Å². The van der Waals surface area contributed by atoms with Gasteiger partial charge in [-0.2, -0.15) is 9.97 Å². The summed E-state index contributed by atoms with van der Waals surface area (Å²) in [6.07, 6.45) is 0. The summed E-state index contributed by atoms with van der Waals surface area (Å²) in [5.74, 6) is -0.586. The number of aromatic nitrogens is 3. The number of carbonyl (C=O) groups is 1. The smallest absolute Gasteiger partial charge is 0.324 e. The van der Waals surface area contributed by atoms with E-state index in [1.165, 1.54) is 47.0 Å². The highest BCUT2D eigenvalue weighted by molar-refractivity contribution is 5.93. The van der Waals surface area contributed by atoms with Crippen molar-refractivity contribution in [1.82, 2.24) is 14.5 Å². The molecule has 0 radical (unpaired) electrons. The van der Waals surface area contributed by atoms with E-state index in [0.717, 1.165) is 0 Å². The minimum Gasteiger partial charge on any atom is -0.424 e. The monoisotopic (exact) mass is 390 g/mol. The Bertz CT molecular complexity index is 1280. The van der Waals surface area contributed by atoms with E-state index >= 15 is 0 Å². The molecule has 0 spiro atoms. The summed E-state index contributed by atoms with van der Waals surface area (Å²) in [7, 11) is 0. The molecule has 0 saturated carbocycles. The number of hydrogen-bond acceptors (Lipinski definition) is 5. The van der Waals surface area contributed by atoms with Gasteiger partial charge in [-0.1, -0.05) is 0 Å². The van der Waals surface area contributed by atoms with E-state index < -0.39 is 5.91 Å². The lowest BCUT2D eigenvalue weighted by atomic mass is 10.2. The number of ether oxygens (including phenoxy) is 1. The Labute approximate surface area is 164 Å². The molecule has 4 aromatic rings. The van der Waals surface area contributed by atoms with Crippen LogP contribution in [0, 0.1) is 12.7 Å². The van der Waals surface area contributed by atoms with Gasteiger partial charge < -0.3 is 10.5 Å². The number of pyridine rings is 1. The highest BCUT2D eigenvalue weighted by Gasteiger charge is 2.13. The highest BCUT2D eigenvalue weighted by atomic mass is 19.1. The molecule has 0 atom stereocenters. The van der Waals surface area contributed by atoms with Crippen molar-refractivity contribution in [2.75, 3.05) is 0 Å². The molecule has 1 amide bonds. The maximum Gasteiger partial charge on any atom is 0.324 e. The van der Waals surface area contributed by atoms with E-state index in [2.05, 4.69) is 9.97 Å². The molecule has 2 heterocycles. The van der Waals surface area contributed by atoms with Gasteiger partial charge in [0.2, 0.25) is 5.91 Å². The van der Waals surface area contributed by atoms with Crippen molar-refractivity contribution < 1.29 is 13.9 Å².